The van der Waals surface area contributed by atoms with Crippen LogP contribution >= 0.6 is 0 Å². The first-order valence-electron chi connectivity index (χ1n) is 9.51. The minimum atomic E-state index is -0.185. The van der Waals surface area contributed by atoms with Crippen molar-refractivity contribution in [2.75, 3.05) is 32.7 Å². The molecule has 2 unspecified atom stereocenters. The molecule has 0 spiro atoms. The van der Waals surface area contributed by atoms with Gasteiger partial charge < -0.3 is 4.90 Å². The monoisotopic (exact) mass is 352 g/mol. The first kappa shape index (κ1) is 17.2. The quantitative estimate of drug-likeness (QED) is 0.824. The summed E-state index contributed by atoms with van der Waals surface area (Å²) in [5.74, 6) is 0.746. The number of hydrogen-bond acceptors (Lipinski definition) is 2. The second kappa shape index (κ2) is 7.58. The molecule has 26 heavy (non-hydrogen) atoms. The SMILES string of the molecule is O=C(C1CC1c1ccccc1)N1CCN(CCc2ccc(F)cc2)CC1. The van der Waals surface area contributed by atoms with Gasteiger partial charge in [-0.3, -0.25) is 9.69 Å². The van der Waals surface area contributed by atoms with E-state index in [0.717, 1.165) is 51.1 Å². The predicted octanol–water partition coefficient (Wildman–Crippen LogP) is 3.32. The molecule has 2 atom stereocenters. The molecule has 1 saturated heterocycles. The third-order valence-corrected chi connectivity index (χ3v) is 5.65. The Labute approximate surface area is 154 Å². The van der Waals surface area contributed by atoms with Crippen molar-refractivity contribution in [3.8, 4) is 0 Å². The van der Waals surface area contributed by atoms with E-state index >= 15 is 0 Å². The molecule has 2 aromatic rings. The number of carbonyl (C=O) groups excluding carboxylic acids is 1. The third-order valence-electron chi connectivity index (χ3n) is 5.65. The van der Waals surface area contributed by atoms with Crippen LogP contribution in [0.5, 0.6) is 0 Å². The summed E-state index contributed by atoms with van der Waals surface area (Å²) in [4.78, 5) is 17.2. The number of rotatable bonds is 5. The van der Waals surface area contributed by atoms with Gasteiger partial charge in [0.05, 0.1) is 0 Å². The van der Waals surface area contributed by atoms with Crippen molar-refractivity contribution < 1.29 is 9.18 Å². The highest BCUT2D eigenvalue weighted by Gasteiger charge is 2.45. The van der Waals surface area contributed by atoms with Crippen LogP contribution in [0, 0.1) is 11.7 Å². The van der Waals surface area contributed by atoms with E-state index < -0.39 is 0 Å². The number of hydrogen-bond donors (Lipinski definition) is 0. The highest BCUT2D eigenvalue weighted by Crippen LogP contribution is 2.48. The van der Waals surface area contributed by atoms with Crippen LogP contribution in [0.4, 0.5) is 4.39 Å². The van der Waals surface area contributed by atoms with Gasteiger partial charge in [-0.15, -0.1) is 0 Å². The van der Waals surface area contributed by atoms with Crippen LogP contribution in [-0.2, 0) is 11.2 Å². The molecule has 2 aromatic carbocycles. The lowest BCUT2D eigenvalue weighted by atomic mass is 10.1. The van der Waals surface area contributed by atoms with Gasteiger partial charge in [-0.1, -0.05) is 42.5 Å². The molecular formula is C22H25FN2O. The lowest BCUT2D eigenvalue weighted by molar-refractivity contribution is -0.134. The van der Waals surface area contributed by atoms with Crippen LogP contribution < -0.4 is 0 Å². The second-order valence-electron chi connectivity index (χ2n) is 7.40. The van der Waals surface area contributed by atoms with E-state index in [-0.39, 0.29) is 11.7 Å². The largest absolute Gasteiger partial charge is 0.340 e. The Hall–Kier alpha value is -2.20. The second-order valence-corrected chi connectivity index (χ2v) is 7.40. The molecule has 4 rings (SSSR count). The van der Waals surface area contributed by atoms with Gasteiger partial charge in [-0.25, -0.2) is 4.39 Å². The number of amides is 1. The molecule has 1 aliphatic heterocycles. The Morgan fingerprint density at radius 2 is 1.65 bits per heavy atom. The molecule has 4 heteroatoms. The summed E-state index contributed by atoms with van der Waals surface area (Å²) in [6.07, 6.45) is 1.92. The van der Waals surface area contributed by atoms with Crippen molar-refractivity contribution in [1.82, 2.24) is 9.80 Å². The summed E-state index contributed by atoms with van der Waals surface area (Å²) in [6.45, 7) is 4.45. The van der Waals surface area contributed by atoms with E-state index in [9.17, 15) is 9.18 Å². The smallest absolute Gasteiger partial charge is 0.226 e. The number of nitrogens with zero attached hydrogens (tertiary/aromatic N) is 2. The van der Waals surface area contributed by atoms with Crippen LogP contribution in [-0.4, -0.2) is 48.4 Å². The highest BCUT2D eigenvalue weighted by atomic mass is 19.1. The van der Waals surface area contributed by atoms with Crippen LogP contribution in [0.2, 0.25) is 0 Å². The van der Waals surface area contributed by atoms with E-state index in [4.69, 9.17) is 0 Å². The minimum Gasteiger partial charge on any atom is -0.340 e. The Kier molecular flexibility index (Phi) is 5.02. The van der Waals surface area contributed by atoms with Crippen LogP contribution in [0.3, 0.4) is 0 Å². The van der Waals surface area contributed by atoms with Crippen molar-refractivity contribution in [1.29, 1.82) is 0 Å². The topological polar surface area (TPSA) is 23.6 Å². The van der Waals surface area contributed by atoms with E-state index in [0.29, 0.717) is 11.8 Å². The van der Waals surface area contributed by atoms with Crippen molar-refractivity contribution in [2.24, 2.45) is 5.92 Å². The Morgan fingerprint density at radius 1 is 0.962 bits per heavy atom. The summed E-state index contributed by atoms with van der Waals surface area (Å²) in [6, 6.07) is 17.1. The van der Waals surface area contributed by atoms with Crippen molar-refractivity contribution in [3.63, 3.8) is 0 Å². The first-order valence-corrected chi connectivity index (χ1v) is 9.51. The zero-order valence-electron chi connectivity index (χ0n) is 15.0. The van der Waals surface area contributed by atoms with Gasteiger partial charge in [0.2, 0.25) is 5.91 Å². The average Bonchev–Trinajstić information content (AvgIpc) is 3.49. The molecule has 1 aliphatic carbocycles. The summed E-state index contributed by atoms with van der Waals surface area (Å²) >= 11 is 0. The fraction of sp³-hybridized carbons (Fsp3) is 0.409. The van der Waals surface area contributed by atoms with E-state index in [1.54, 1.807) is 0 Å². The standard InChI is InChI=1S/C22H25FN2O/c23-19-8-6-17(7-9-19)10-11-24-12-14-25(15-13-24)22(26)21-16-20(21)18-4-2-1-3-5-18/h1-9,20-21H,10-16H2. The van der Waals surface area contributed by atoms with Crippen molar-refractivity contribution in [2.45, 2.75) is 18.8 Å². The first-order chi connectivity index (χ1) is 12.7. The molecule has 136 valence electrons. The summed E-state index contributed by atoms with van der Waals surface area (Å²) in [5.41, 5.74) is 2.46. The summed E-state index contributed by atoms with van der Waals surface area (Å²) < 4.78 is 13.0. The maximum absolute atomic E-state index is 13.0. The predicted molar refractivity (Wildman–Crippen MR) is 100 cm³/mol. The fourth-order valence-electron chi connectivity index (χ4n) is 3.90. The zero-order valence-corrected chi connectivity index (χ0v) is 15.0. The molecule has 0 radical (unpaired) electrons. The number of benzene rings is 2. The molecule has 2 fully saturated rings. The van der Waals surface area contributed by atoms with Crippen molar-refractivity contribution in [3.05, 3.63) is 71.5 Å². The lowest BCUT2D eigenvalue weighted by Gasteiger charge is -2.35. The van der Waals surface area contributed by atoms with Gasteiger partial charge in [-0.2, -0.15) is 0 Å². The van der Waals surface area contributed by atoms with Crippen LogP contribution in [0.25, 0.3) is 0 Å². The normalized spacial score (nSPS) is 23.0. The molecule has 2 aliphatic rings. The number of carbonyl (C=O) groups is 1. The summed E-state index contributed by atoms with van der Waals surface area (Å²) in [5, 5.41) is 0. The molecule has 1 heterocycles. The van der Waals surface area contributed by atoms with E-state index in [1.165, 1.54) is 17.7 Å². The van der Waals surface area contributed by atoms with Gasteiger partial charge in [0.1, 0.15) is 5.82 Å². The van der Waals surface area contributed by atoms with E-state index in [2.05, 4.69) is 29.2 Å². The molecule has 3 nitrogen and oxygen atoms in total. The maximum atomic E-state index is 13.0. The Morgan fingerprint density at radius 3 is 2.35 bits per heavy atom. The average molecular weight is 352 g/mol. The summed E-state index contributed by atoms with van der Waals surface area (Å²) in [7, 11) is 0. The lowest BCUT2D eigenvalue weighted by Crippen LogP contribution is -2.49. The van der Waals surface area contributed by atoms with Gasteiger partial charge in [0, 0.05) is 38.6 Å². The molecule has 1 saturated carbocycles. The van der Waals surface area contributed by atoms with Crippen molar-refractivity contribution >= 4 is 5.91 Å². The number of halogens is 1. The molecule has 0 bridgehead atoms. The van der Waals surface area contributed by atoms with Crippen LogP contribution in [0.15, 0.2) is 54.6 Å². The molecule has 0 aromatic heterocycles. The Bertz CT molecular complexity index is 738. The zero-order chi connectivity index (χ0) is 17.9. The number of piperazine rings is 1. The van der Waals surface area contributed by atoms with Crippen LogP contribution in [0.1, 0.15) is 23.5 Å². The maximum Gasteiger partial charge on any atom is 0.226 e. The highest BCUT2D eigenvalue weighted by molar-refractivity contribution is 5.83. The van der Waals surface area contributed by atoms with E-state index in [1.807, 2.05) is 23.1 Å². The molecule has 1 amide bonds. The fourth-order valence-corrected chi connectivity index (χ4v) is 3.90. The van der Waals surface area contributed by atoms with Gasteiger partial charge in [-0.05, 0) is 42.0 Å². The minimum absolute atomic E-state index is 0.183. The Balaban J connectivity index is 1.22. The van der Waals surface area contributed by atoms with Gasteiger partial charge >= 0.3 is 0 Å². The molecular weight excluding hydrogens is 327 g/mol. The van der Waals surface area contributed by atoms with Gasteiger partial charge in [0.25, 0.3) is 0 Å². The van der Waals surface area contributed by atoms with Gasteiger partial charge in [0.15, 0.2) is 0 Å². The molecule has 0 N–H and O–H groups in total. The third kappa shape index (κ3) is 3.96.